The SMILES string of the molecule is CCN1C=CN(C(C)(C)c2[c-]cc(C(C)(C)C)cc2)[CH-]1.[Ir]. The van der Waals surface area contributed by atoms with E-state index >= 15 is 0 Å². The molecule has 1 radical (unpaired) electrons. The molecule has 0 spiro atoms. The molecule has 0 amide bonds. The van der Waals surface area contributed by atoms with Gasteiger partial charge in [0.2, 0.25) is 0 Å². The Bertz CT molecular complexity index is 483. The third-order valence-electron chi connectivity index (χ3n) is 4.04. The van der Waals surface area contributed by atoms with Crippen LogP contribution in [0.5, 0.6) is 0 Å². The second-order valence-electron chi connectivity index (χ2n) is 6.95. The van der Waals surface area contributed by atoms with Crippen LogP contribution in [0.25, 0.3) is 0 Å². The number of rotatable bonds is 3. The Morgan fingerprint density at radius 1 is 1.10 bits per heavy atom. The quantitative estimate of drug-likeness (QED) is 0.620. The van der Waals surface area contributed by atoms with Crippen LogP contribution in [0, 0.1) is 12.7 Å². The van der Waals surface area contributed by atoms with E-state index in [1.165, 1.54) is 11.1 Å². The van der Waals surface area contributed by atoms with Gasteiger partial charge in [0.1, 0.15) is 0 Å². The van der Waals surface area contributed by atoms with Crippen molar-refractivity contribution in [2.45, 2.75) is 52.5 Å². The average Bonchev–Trinajstić information content (AvgIpc) is 2.87. The van der Waals surface area contributed by atoms with E-state index in [4.69, 9.17) is 0 Å². The minimum Gasteiger partial charge on any atom is -0.508 e. The summed E-state index contributed by atoms with van der Waals surface area (Å²) in [5, 5.41) is 0. The van der Waals surface area contributed by atoms with E-state index in [1.807, 2.05) is 0 Å². The van der Waals surface area contributed by atoms with E-state index in [9.17, 15) is 0 Å². The first-order valence-corrected chi connectivity index (χ1v) is 7.35. The van der Waals surface area contributed by atoms with Crippen molar-refractivity contribution in [3.8, 4) is 0 Å². The Labute approximate surface area is 143 Å². The average molecular weight is 463 g/mol. The maximum absolute atomic E-state index is 3.48. The molecule has 0 unspecified atom stereocenters. The molecule has 3 heteroatoms. The van der Waals surface area contributed by atoms with Gasteiger partial charge in [0.25, 0.3) is 0 Å². The Morgan fingerprint density at radius 3 is 2.19 bits per heavy atom. The molecule has 0 aliphatic carbocycles. The Hall–Kier alpha value is -0.791. The number of hydrogen-bond acceptors (Lipinski definition) is 2. The predicted molar refractivity (Wildman–Crippen MR) is 84.7 cm³/mol. The minimum absolute atomic E-state index is 0. The molecule has 1 heterocycles. The minimum atomic E-state index is -0.0865. The molecule has 0 saturated heterocycles. The van der Waals surface area contributed by atoms with Crippen LogP contribution in [0.15, 0.2) is 30.6 Å². The van der Waals surface area contributed by atoms with Gasteiger partial charge in [-0.15, -0.1) is 5.56 Å². The second-order valence-corrected chi connectivity index (χ2v) is 6.95. The summed E-state index contributed by atoms with van der Waals surface area (Å²) in [7, 11) is 0. The van der Waals surface area contributed by atoms with Crippen molar-refractivity contribution in [1.29, 1.82) is 0 Å². The van der Waals surface area contributed by atoms with Crippen LogP contribution >= 0.6 is 0 Å². The molecule has 0 saturated carbocycles. The Morgan fingerprint density at radius 2 is 1.76 bits per heavy atom. The number of nitrogens with zero attached hydrogens (tertiary/aromatic N) is 2. The predicted octanol–water partition coefficient (Wildman–Crippen LogP) is 4.24. The maximum atomic E-state index is 3.48. The Balaban J connectivity index is 0.00000220. The fraction of sp³-hybridized carbons (Fsp3) is 0.500. The standard InChI is InChI=1S/C18H26N2.Ir/c1-7-19-12-13-20(14-19)18(5,6)16-10-8-15(9-11-16)17(2,3)4;/h8-10,12-14H,7H2,1-6H3;/q-2;. The van der Waals surface area contributed by atoms with Gasteiger partial charge >= 0.3 is 0 Å². The number of benzene rings is 1. The van der Waals surface area contributed by atoms with Gasteiger partial charge in [-0.2, -0.15) is 36.5 Å². The molecule has 1 aliphatic rings. The smallest absolute Gasteiger partial charge is 0.00991 e. The molecule has 119 valence electrons. The Kier molecular flexibility index (Phi) is 5.69. The first-order chi connectivity index (χ1) is 9.25. The zero-order valence-corrected chi connectivity index (χ0v) is 16.3. The molecule has 1 aromatic carbocycles. The summed E-state index contributed by atoms with van der Waals surface area (Å²) in [6, 6.07) is 10.0. The summed E-state index contributed by atoms with van der Waals surface area (Å²) in [4.78, 5) is 4.43. The van der Waals surface area contributed by atoms with Gasteiger partial charge in [-0.3, -0.25) is 0 Å². The van der Waals surface area contributed by atoms with Gasteiger partial charge in [0, 0.05) is 25.6 Å². The van der Waals surface area contributed by atoms with Crippen LogP contribution in [0.1, 0.15) is 52.7 Å². The van der Waals surface area contributed by atoms with Crippen molar-refractivity contribution in [3.63, 3.8) is 0 Å². The summed E-state index contributed by atoms with van der Waals surface area (Å²) in [5.74, 6) is 0. The van der Waals surface area contributed by atoms with Gasteiger partial charge in [0.05, 0.1) is 0 Å². The zero-order chi connectivity index (χ0) is 15.0. The van der Waals surface area contributed by atoms with Crippen LogP contribution in [-0.2, 0) is 31.1 Å². The van der Waals surface area contributed by atoms with Crippen molar-refractivity contribution in [3.05, 3.63) is 54.5 Å². The monoisotopic (exact) mass is 463 g/mol. The summed E-state index contributed by atoms with van der Waals surface area (Å²) >= 11 is 0. The molecule has 0 atom stereocenters. The molecule has 0 bridgehead atoms. The summed E-state index contributed by atoms with van der Waals surface area (Å²) in [5.41, 5.74) is 2.63. The molecular weight excluding hydrogens is 436 g/mol. The molecular formula is C18H26IrN2-2. The zero-order valence-electron chi connectivity index (χ0n) is 13.9. The van der Waals surface area contributed by atoms with E-state index < -0.39 is 0 Å². The van der Waals surface area contributed by atoms with Crippen molar-refractivity contribution >= 4 is 0 Å². The van der Waals surface area contributed by atoms with Crippen LogP contribution in [0.2, 0.25) is 0 Å². The molecule has 0 aromatic heterocycles. The normalized spacial score (nSPS) is 15.3. The third-order valence-corrected chi connectivity index (χ3v) is 4.04. The first-order valence-electron chi connectivity index (χ1n) is 7.35. The van der Waals surface area contributed by atoms with Crippen molar-refractivity contribution < 1.29 is 20.1 Å². The fourth-order valence-corrected chi connectivity index (χ4v) is 2.32. The largest absolute Gasteiger partial charge is 0.508 e. The van der Waals surface area contributed by atoms with Crippen molar-refractivity contribution in [2.24, 2.45) is 0 Å². The number of hydrogen-bond donors (Lipinski definition) is 0. The summed E-state index contributed by atoms with van der Waals surface area (Å²) in [6.07, 6.45) is 4.25. The van der Waals surface area contributed by atoms with Crippen LogP contribution in [0.4, 0.5) is 0 Å². The second kappa shape index (κ2) is 6.54. The molecule has 1 aromatic rings. The topological polar surface area (TPSA) is 6.48 Å². The van der Waals surface area contributed by atoms with E-state index in [0.717, 1.165) is 6.54 Å². The van der Waals surface area contributed by atoms with Gasteiger partial charge < -0.3 is 9.80 Å². The van der Waals surface area contributed by atoms with Gasteiger partial charge in [-0.25, -0.2) is 0 Å². The van der Waals surface area contributed by atoms with E-state index in [2.05, 4.69) is 94.7 Å². The van der Waals surface area contributed by atoms with Crippen molar-refractivity contribution in [2.75, 3.05) is 6.54 Å². The van der Waals surface area contributed by atoms with Crippen LogP contribution in [-0.4, -0.2) is 16.3 Å². The molecule has 0 fully saturated rings. The van der Waals surface area contributed by atoms with Crippen molar-refractivity contribution in [1.82, 2.24) is 9.80 Å². The first kappa shape index (κ1) is 18.3. The van der Waals surface area contributed by atoms with E-state index in [1.54, 1.807) is 0 Å². The molecule has 1 aliphatic heterocycles. The van der Waals surface area contributed by atoms with Crippen LogP contribution < -0.4 is 0 Å². The summed E-state index contributed by atoms with van der Waals surface area (Å²) in [6.45, 7) is 16.5. The third kappa shape index (κ3) is 3.90. The molecule has 2 rings (SSSR count). The van der Waals surface area contributed by atoms with Crippen LogP contribution in [0.3, 0.4) is 0 Å². The molecule has 21 heavy (non-hydrogen) atoms. The van der Waals surface area contributed by atoms with E-state index in [-0.39, 0.29) is 31.1 Å². The van der Waals surface area contributed by atoms with Gasteiger partial charge in [-0.05, 0) is 32.8 Å². The maximum Gasteiger partial charge on any atom is 0.00991 e. The summed E-state index contributed by atoms with van der Waals surface area (Å²) < 4.78 is 0. The van der Waals surface area contributed by atoms with Gasteiger partial charge in [-0.1, -0.05) is 33.1 Å². The fourth-order valence-electron chi connectivity index (χ4n) is 2.32. The molecule has 2 nitrogen and oxygen atoms in total. The molecule has 0 N–H and O–H groups in total. The van der Waals surface area contributed by atoms with E-state index in [0.29, 0.717) is 0 Å². The van der Waals surface area contributed by atoms with Gasteiger partial charge in [0.15, 0.2) is 0 Å².